The molecule has 1 saturated heterocycles. The summed E-state index contributed by atoms with van der Waals surface area (Å²) in [6.45, 7) is 11.8. The maximum atomic E-state index is 12.2. The summed E-state index contributed by atoms with van der Waals surface area (Å²) in [6, 6.07) is 7.62. The third kappa shape index (κ3) is 9.05. The molecule has 1 aromatic carbocycles. The average Bonchev–Trinajstić information content (AvgIpc) is 2.75. The molecule has 9 heteroatoms. The minimum absolute atomic E-state index is 0. The lowest BCUT2D eigenvalue weighted by molar-refractivity contribution is -0.119. The van der Waals surface area contributed by atoms with Gasteiger partial charge in [0, 0.05) is 38.3 Å². The SMILES string of the molecule is CCNC(=NCC(=O)NCc1ccc(OC)cc1)NCC(C)(C)N1CCOCC1.I. The highest BCUT2D eigenvalue weighted by Crippen LogP contribution is 2.15. The number of ether oxygens (including phenoxy) is 2. The van der Waals surface area contributed by atoms with Gasteiger partial charge in [-0.15, -0.1) is 24.0 Å². The molecule has 0 saturated carbocycles. The van der Waals surface area contributed by atoms with Crippen molar-refractivity contribution in [3.63, 3.8) is 0 Å². The number of carbonyl (C=O) groups excluding carboxylic acids is 1. The van der Waals surface area contributed by atoms with E-state index in [1.165, 1.54) is 0 Å². The van der Waals surface area contributed by atoms with Crippen LogP contribution in [0, 0.1) is 0 Å². The fraction of sp³-hybridized carbons (Fsp3) is 0.619. The first-order valence-electron chi connectivity index (χ1n) is 10.2. The number of nitrogens with zero attached hydrogens (tertiary/aromatic N) is 2. The highest BCUT2D eigenvalue weighted by molar-refractivity contribution is 14.0. The third-order valence-electron chi connectivity index (χ3n) is 4.93. The Morgan fingerprint density at radius 3 is 2.43 bits per heavy atom. The van der Waals surface area contributed by atoms with Crippen molar-refractivity contribution in [1.82, 2.24) is 20.9 Å². The first-order chi connectivity index (χ1) is 13.9. The van der Waals surface area contributed by atoms with Crippen molar-refractivity contribution in [3.05, 3.63) is 29.8 Å². The zero-order valence-electron chi connectivity index (χ0n) is 18.5. The van der Waals surface area contributed by atoms with Crippen LogP contribution in [0.3, 0.4) is 0 Å². The third-order valence-corrected chi connectivity index (χ3v) is 4.93. The van der Waals surface area contributed by atoms with E-state index in [9.17, 15) is 4.79 Å². The van der Waals surface area contributed by atoms with Gasteiger partial charge in [0.15, 0.2) is 5.96 Å². The van der Waals surface area contributed by atoms with E-state index in [1.807, 2.05) is 31.2 Å². The van der Waals surface area contributed by atoms with Crippen LogP contribution < -0.4 is 20.7 Å². The normalized spacial score (nSPS) is 15.1. The summed E-state index contributed by atoms with van der Waals surface area (Å²) in [4.78, 5) is 19.0. The Kier molecular flexibility index (Phi) is 12.0. The van der Waals surface area contributed by atoms with Crippen molar-refractivity contribution in [3.8, 4) is 5.75 Å². The molecule has 1 heterocycles. The first-order valence-corrected chi connectivity index (χ1v) is 10.2. The summed E-state index contributed by atoms with van der Waals surface area (Å²) < 4.78 is 10.6. The highest BCUT2D eigenvalue weighted by atomic mass is 127. The molecule has 170 valence electrons. The number of aliphatic imine (C=N–C) groups is 1. The molecule has 1 fully saturated rings. The molecule has 8 nitrogen and oxygen atoms in total. The minimum Gasteiger partial charge on any atom is -0.497 e. The highest BCUT2D eigenvalue weighted by Gasteiger charge is 2.28. The van der Waals surface area contributed by atoms with Gasteiger partial charge >= 0.3 is 0 Å². The van der Waals surface area contributed by atoms with Crippen LogP contribution in [0.15, 0.2) is 29.3 Å². The maximum Gasteiger partial charge on any atom is 0.242 e. The van der Waals surface area contributed by atoms with Gasteiger partial charge in [-0.05, 0) is 38.5 Å². The number of carbonyl (C=O) groups is 1. The second-order valence-corrected chi connectivity index (χ2v) is 7.59. The van der Waals surface area contributed by atoms with Gasteiger partial charge in [-0.3, -0.25) is 9.69 Å². The van der Waals surface area contributed by atoms with E-state index < -0.39 is 0 Å². The lowest BCUT2D eigenvalue weighted by Gasteiger charge is -2.41. The molecule has 3 N–H and O–H groups in total. The summed E-state index contributed by atoms with van der Waals surface area (Å²) in [7, 11) is 1.63. The van der Waals surface area contributed by atoms with E-state index in [1.54, 1.807) is 7.11 Å². The predicted octanol–water partition coefficient (Wildman–Crippen LogP) is 1.60. The van der Waals surface area contributed by atoms with Gasteiger partial charge < -0.3 is 25.4 Å². The van der Waals surface area contributed by atoms with Crippen molar-refractivity contribution in [1.29, 1.82) is 0 Å². The zero-order chi connectivity index (χ0) is 21.1. The molecular formula is C21H36IN5O3. The first kappa shape index (κ1) is 26.4. The van der Waals surface area contributed by atoms with Crippen LogP contribution in [-0.2, 0) is 16.1 Å². The quantitative estimate of drug-likeness (QED) is 0.254. The van der Waals surface area contributed by atoms with Crippen LogP contribution in [0.5, 0.6) is 5.75 Å². The van der Waals surface area contributed by atoms with Crippen molar-refractivity contribution < 1.29 is 14.3 Å². The Morgan fingerprint density at radius 2 is 1.83 bits per heavy atom. The van der Waals surface area contributed by atoms with E-state index in [0.717, 1.165) is 50.7 Å². The standard InChI is InChI=1S/C21H35N5O3.HI/c1-5-22-20(25-16-21(2,3)26-10-12-29-13-11-26)24-15-19(27)23-14-17-6-8-18(28-4)9-7-17;/h6-9H,5,10-16H2,1-4H3,(H,23,27)(H2,22,24,25);1H. The summed E-state index contributed by atoms with van der Waals surface area (Å²) in [6.07, 6.45) is 0. The van der Waals surface area contributed by atoms with Crippen LogP contribution in [-0.4, -0.2) is 75.4 Å². The second kappa shape index (κ2) is 13.7. The lowest BCUT2D eigenvalue weighted by Crippen LogP contribution is -2.56. The van der Waals surface area contributed by atoms with Gasteiger partial charge in [-0.1, -0.05) is 12.1 Å². The Balaban J connectivity index is 0.00000450. The van der Waals surface area contributed by atoms with Crippen molar-refractivity contribution in [2.45, 2.75) is 32.9 Å². The number of hydrogen-bond donors (Lipinski definition) is 3. The topological polar surface area (TPSA) is 87.2 Å². The molecule has 1 aliphatic rings. The fourth-order valence-corrected chi connectivity index (χ4v) is 3.07. The Bertz CT molecular complexity index is 661. The van der Waals surface area contributed by atoms with Crippen molar-refractivity contribution in [2.75, 3.05) is 53.0 Å². The van der Waals surface area contributed by atoms with Crippen LogP contribution >= 0.6 is 24.0 Å². The number of methoxy groups -OCH3 is 1. The predicted molar refractivity (Wildman–Crippen MR) is 131 cm³/mol. The molecule has 1 amide bonds. The molecule has 0 aromatic heterocycles. The number of hydrogen-bond acceptors (Lipinski definition) is 5. The molecule has 2 rings (SSSR count). The van der Waals surface area contributed by atoms with Crippen molar-refractivity contribution in [2.24, 2.45) is 4.99 Å². The van der Waals surface area contributed by atoms with E-state index in [2.05, 4.69) is 39.7 Å². The molecule has 0 bridgehead atoms. The van der Waals surface area contributed by atoms with Crippen LogP contribution in [0.25, 0.3) is 0 Å². The second-order valence-electron chi connectivity index (χ2n) is 7.59. The molecule has 0 unspecified atom stereocenters. The van der Waals surface area contributed by atoms with Gasteiger partial charge in [-0.2, -0.15) is 0 Å². The van der Waals surface area contributed by atoms with Gasteiger partial charge in [-0.25, -0.2) is 4.99 Å². The van der Waals surface area contributed by atoms with Crippen LogP contribution in [0.2, 0.25) is 0 Å². The number of morpholine rings is 1. The molecule has 1 aliphatic heterocycles. The van der Waals surface area contributed by atoms with E-state index >= 15 is 0 Å². The summed E-state index contributed by atoms with van der Waals surface area (Å²) in [5.41, 5.74) is 0.983. The molecular weight excluding hydrogens is 497 g/mol. The monoisotopic (exact) mass is 533 g/mol. The molecule has 30 heavy (non-hydrogen) atoms. The number of amides is 1. The number of guanidine groups is 1. The van der Waals surface area contributed by atoms with Crippen LogP contribution in [0.4, 0.5) is 0 Å². The summed E-state index contributed by atoms with van der Waals surface area (Å²) >= 11 is 0. The van der Waals surface area contributed by atoms with Gasteiger partial charge in [0.1, 0.15) is 12.3 Å². The van der Waals surface area contributed by atoms with Gasteiger partial charge in [0.05, 0.1) is 20.3 Å². The number of nitrogens with one attached hydrogen (secondary N) is 3. The molecule has 0 aliphatic carbocycles. The molecule has 0 atom stereocenters. The van der Waals surface area contributed by atoms with Crippen molar-refractivity contribution >= 4 is 35.8 Å². The summed E-state index contributed by atoms with van der Waals surface area (Å²) in [5.74, 6) is 1.32. The Hall–Kier alpha value is -1.59. The van der Waals surface area contributed by atoms with Gasteiger partial charge in [0.2, 0.25) is 5.91 Å². The zero-order valence-corrected chi connectivity index (χ0v) is 20.8. The number of benzene rings is 1. The van der Waals surface area contributed by atoms with E-state index in [0.29, 0.717) is 12.5 Å². The molecule has 0 radical (unpaired) electrons. The number of rotatable bonds is 9. The van der Waals surface area contributed by atoms with Gasteiger partial charge in [0.25, 0.3) is 0 Å². The lowest BCUT2D eigenvalue weighted by atomic mass is 10.0. The number of halogens is 1. The minimum atomic E-state index is -0.120. The van der Waals surface area contributed by atoms with E-state index in [-0.39, 0.29) is 42.0 Å². The fourth-order valence-electron chi connectivity index (χ4n) is 3.07. The van der Waals surface area contributed by atoms with Crippen LogP contribution in [0.1, 0.15) is 26.3 Å². The summed E-state index contributed by atoms with van der Waals surface area (Å²) in [5, 5.41) is 9.46. The van der Waals surface area contributed by atoms with E-state index in [4.69, 9.17) is 9.47 Å². The Labute approximate surface area is 197 Å². The molecule has 1 aromatic rings. The maximum absolute atomic E-state index is 12.2. The largest absolute Gasteiger partial charge is 0.497 e. The molecule has 0 spiro atoms. The average molecular weight is 533 g/mol. The smallest absolute Gasteiger partial charge is 0.242 e. The Morgan fingerprint density at radius 1 is 1.17 bits per heavy atom.